The first kappa shape index (κ1) is 23.7. The van der Waals surface area contributed by atoms with E-state index < -0.39 is 0 Å². The normalized spacial score (nSPS) is 24.0. The molecule has 0 bridgehead atoms. The average Bonchev–Trinajstić information content (AvgIpc) is 3.37. The van der Waals surface area contributed by atoms with Crippen LogP contribution in [0.5, 0.6) is 0 Å². The second kappa shape index (κ2) is 11.0. The van der Waals surface area contributed by atoms with Gasteiger partial charge in [-0.1, -0.05) is 25.7 Å². The number of guanidine groups is 1. The highest BCUT2D eigenvalue weighted by molar-refractivity contribution is 14.0. The van der Waals surface area contributed by atoms with Crippen molar-refractivity contribution >= 4 is 35.8 Å². The van der Waals surface area contributed by atoms with Gasteiger partial charge in [-0.15, -0.1) is 24.0 Å². The third-order valence-corrected chi connectivity index (χ3v) is 6.95. The van der Waals surface area contributed by atoms with Crippen LogP contribution in [0.2, 0.25) is 0 Å². The maximum absolute atomic E-state index is 12.7. The molecule has 3 fully saturated rings. The lowest BCUT2D eigenvalue weighted by Gasteiger charge is -2.37. The molecule has 2 aliphatic carbocycles. The molecule has 0 aromatic carbocycles. The van der Waals surface area contributed by atoms with E-state index in [1.165, 1.54) is 51.6 Å². The molecule has 1 aliphatic heterocycles. The zero-order chi connectivity index (χ0) is 19.3. The van der Waals surface area contributed by atoms with Gasteiger partial charge in [0.05, 0.1) is 5.41 Å². The Morgan fingerprint density at radius 3 is 2.21 bits per heavy atom. The molecule has 3 rings (SSSR count). The zero-order valence-corrected chi connectivity index (χ0v) is 20.3. The number of nitrogens with one attached hydrogen (secondary N) is 2. The predicted molar refractivity (Wildman–Crippen MR) is 126 cm³/mol. The minimum Gasteiger partial charge on any atom is -0.355 e. The summed E-state index contributed by atoms with van der Waals surface area (Å²) < 4.78 is 0. The molecule has 1 heterocycles. The zero-order valence-electron chi connectivity index (χ0n) is 18.0. The molecule has 0 aromatic heterocycles. The van der Waals surface area contributed by atoms with Crippen molar-refractivity contribution < 1.29 is 4.79 Å². The van der Waals surface area contributed by atoms with Gasteiger partial charge in [-0.25, -0.2) is 0 Å². The summed E-state index contributed by atoms with van der Waals surface area (Å²) in [5.74, 6) is 1.11. The summed E-state index contributed by atoms with van der Waals surface area (Å²) in [5.41, 5.74) is -0.257. The molecule has 0 unspecified atom stereocenters. The van der Waals surface area contributed by atoms with Crippen LogP contribution >= 0.6 is 24.0 Å². The van der Waals surface area contributed by atoms with E-state index in [1.54, 1.807) is 4.90 Å². The molecule has 0 atom stereocenters. The highest BCUT2D eigenvalue weighted by Crippen LogP contribution is 2.38. The van der Waals surface area contributed by atoms with E-state index in [0.29, 0.717) is 12.6 Å². The summed E-state index contributed by atoms with van der Waals surface area (Å²) in [7, 11) is 5.57. The first-order valence-corrected chi connectivity index (χ1v) is 11.0. The molecule has 0 radical (unpaired) electrons. The summed E-state index contributed by atoms with van der Waals surface area (Å²) in [6.07, 6.45) is 12.2. The van der Waals surface area contributed by atoms with Gasteiger partial charge in [0.15, 0.2) is 5.96 Å². The van der Waals surface area contributed by atoms with Crippen LogP contribution in [0, 0.1) is 5.41 Å². The number of hydrogen-bond donors (Lipinski definition) is 2. The second-order valence-corrected chi connectivity index (χ2v) is 9.01. The Labute approximate surface area is 188 Å². The number of carbonyl (C=O) groups is 1. The van der Waals surface area contributed by atoms with E-state index in [9.17, 15) is 4.79 Å². The second-order valence-electron chi connectivity index (χ2n) is 9.01. The fraction of sp³-hybridized carbons (Fsp3) is 0.905. The number of halogens is 1. The van der Waals surface area contributed by atoms with E-state index in [2.05, 4.69) is 20.5 Å². The lowest BCUT2D eigenvalue weighted by Crippen LogP contribution is -2.53. The Hall–Kier alpha value is -0.570. The largest absolute Gasteiger partial charge is 0.355 e. The first-order valence-electron chi connectivity index (χ1n) is 11.0. The van der Waals surface area contributed by atoms with Crippen molar-refractivity contribution in [2.75, 3.05) is 40.8 Å². The topological polar surface area (TPSA) is 60.0 Å². The summed E-state index contributed by atoms with van der Waals surface area (Å²) in [5, 5.41) is 7.09. The molecular weight excluding hydrogens is 465 g/mol. The van der Waals surface area contributed by atoms with Gasteiger partial charge in [-0.3, -0.25) is 9.79 Å². The molecule has 2 N–H and O–H groups in total. The van der Waals surface area contributed by atoms with Gasteiger partial charge in [0.2, 0.25) is 5.91 Å². The molecule has 7 heteroatoms. The van der Waals surface area contributed by atoms with Gasteiger partial charge in [0.25, 0.3) is 0 Å². The van der Waals surface area contributed by atoms with E-state index in [1.807, 2.05) is 21.1 Å². The number of likely N-dealkylation sites (tertiary alicyclic amines) is 1. The van der Waals surface area contributed by atoms with Crippen LogP contribution in [-0.2, 0) is 4.79 Å². The van der Waals surface area contributed by atoms with E-state index in [-0.39, 0.29) is 35.3 Å². The maximum atomic E-state index is 12.7. The van der Waals surface area contributed by atoms with Gasteiger partial charge in [0.1, 0.15) is 0 Å². The summed E-state index contributed by atoms with van der Waals surface area (Å²) in [6, 6.07) is 1.32. The monoisotopic (exact) mass is 505 g/mol. The molecule has 3 aliphatic rings. The SMILES string of the molecule is CN=C(NCC1(C(=O)N(C)C)CCCC1)NC1CCN(C2CCCC2)CC1.I. The van der Waals surface area contributed by atoms with Crippen LogP contribution in [0.3, 0.4) is 0 Å². The molecule has 28 heavy (non-hydrogen) atoms. The van der Waals surface area contributed by atoms with Crippen molar-refractivity contribution in [1.82, 2.24) is 20.4 Å². The quantitative estimate of drug-likeness (QED) is 0.343. The van der Waals surface area contributed by atoms with Crippen LogP contribution in [-0.4, -0.2) is 74.5 Å². The Kier molecular flexibility index (Phi) is 9.31. The average molecular weight is 505 g/mol. The molecule has 2 saturated carbocycles. The van der Waals surface area contributed by atoms with Gasteiger partial charge < -0.3 is 20.4 Å². The molecule has 1 amide bonds. The third-order valence-electron chi connectivity index (χ3n) is 6.95. The summed E-state index contributed by atoms with van der Waals surface area (Å²) in [6.45, 7) is 3.08. The van der Waals surface area contributed by atoms with Gasteiger partial charge in [-0.2, -0.15) is 0 Å². The fourth-order valence-electron chi connectivity index (χ4n) is 5.31. The smallest absolute Gasteiger partial charge is 0.230 e. The first-order chi connectivity index (χ1) is 13.0. The minimum atomic E-state index is -0.257. The molecule has 0 aromatic rings. The number of rotatable bonds is 5. The summed E-state index contributed by atoms with van der Waals surface area (Å²) in [4.78, 5) is 21.6. The lowest BCUT2D eigenvalue weighted by molar-refractivity contribution is -0.138. The van der Waals surface area contributed by atoms with Crippen molar-refractivity contribution in [3.05, 3.63) is 0 Å². The van der Waals surface area contributed by atoms with Crippen molar-refractivity contribution in [3.8, 4) is 0 Å². The van der Waals surface area contributed by atoms with Crippen LogP contribution in [0.25, 0.3) is 0 Å². The molecule has 6 nitrogen and oxygen atoms in total. The fourth-order valence-corrected chi connectivity index (χ4v) is 5.31. The van der Waals surface area contributed by atoms with Crippen LogP contribution in [0.1, 0.15) is 64.2 Å². The maximum Gasteiger partial charge on any atom is 0.230 e. The van der Waals surface area contributed by atoms with Gasteiger partial charge in [0, 0.05) is 52.9 Å². The van der Waals surface area contributed by atoms with Crippen LogP contribution in [0.15, 0.2) is 4.99 Å². The Morgan fingerprint density at radius 2 is 1.68 bits per heavy atom. The highest BCUT2D eigenvalue weighted by Gasteiger charge is 2.42. The van der Waals surface area contributed by atoms with Crippen molar-refractivity contribution in [3.63, 3.8) is 0 Å². The minimum absolute atomic E-state index is 0. The Morgan fingerprint density at radius 1 is 1.07 bits per heavy atom. The van der Waals surface area contributed by atoms with Crippen molar-refractivity contribution in [2.45, 2.75) is 76.3 Å². The number of amides is 1. The number of nitrogens with zero attached hydrogens (tertiary/aromatic N) is 3. The van der Waals surface area contributed by atoms with Gasteiger partial charge >= 0.3 is 0 Å². The van der Waals surface area contributed by atoms with Crippen LogP contribution < -0.4 is 10.6 Å². The highest BCUT2D eigenvalue weighted by atomic mass is 127. The van der Waals surface area contributed by atoms with E-state index in [4.69, 9.17) is 0 Å². The Bertz CT molecular complexity index is 519. The number of aliphatic imine (C=N–C) groups is 1. The third kappa shape index (κ3) is 5.74. The van der Waals surface area contributed by atoms with Crippen LogP contribution in [0.4, 0.5) is 0 Å². The van der Waals surface area contributed by atoms with Gasteiger partial charge in [-0.05, 0) is 38.5 Å². The number of hydrogen-bond acceptors (Lipinski definition) is 3. The molecule has 162 valence electrons. The van der Waals surface area contributed by atoms with E-state index in [0.717, 1.165) is 37.7 Å². The summed E-state index contributed by atoms with van der Waals surface area (Å²) >= 11 is 0. The number of carbonyl (C=O) groups excluding carboxylic acids is 1. The van der Waals surface area contributed by atoms with E-state index >= 15 is 0 Å². The molecular formula is C21H40IN5O. The van der Waals surface area contributed by atoms with Crippen molar-refractivity contribution in [1.29, 1.82) is 0 Å². The molecule has 0 spiro atoms. The standard InChI is InChI=1S/C21H39N5O.HI/c1-22-20(23-16-21(12-6-7-13-21)19(27)25(2)3)24-17-10-14-26(15-11-17)18-8-4-5-9-18;/h17-18H,4-16H2,1-3H3,(H2,22,23,24);1H. The lowest BCUT2D eigenvalue weighted by atomic mass is 9.84. The Balaban J connectivity index is 0.00000280. The van der Waals surface area contributed by atoms with Crippen molar-refractivity contribution in [2.24, 2.45) is 10.4 Å². The number of piperidine rings is 1. The molecule has 1 saturated heterocycles. The predicted octanol–water partition coefficient (Wildman–Crippen LogP) is 2.83.